The van der Waals surface area contributed by atoms with Crippen molar-refractivity contribution in [1.82, 2.24) is 30.1 Å². The van der Waals surface area contributed by atoms with E-state index in [0.717, 1.165) is 44.8 Å². The van der Waals surface area contributed by atoms with Crippen molar-refractivity contribution in [1.29, 1.82) is 0 Å². The van der Waals surface area contributed by atoms with Crippen LogP contribution in [0, 0.1) is 0 Å². The summed E-state index contributed by atoms with van der Waals surface area (Å²) in [6.07, 6.45) is 4.44. The van der Waals surface area contributed by atoms with Crippen molar-refractivity contribution in [2.75, 3.05) is 39.8 Å². The summed E-state index contributed by atoms with van der Waals surface area (Å²) in [5.74, 6) is 0. The molecule has 1 fully saturated rings. The monoisotopic (exact) mass is 294 g/mol. The van der Waals surface area contributed by atoms with Gasteiger partial charge in [0.1, 0.15) is 0 Å². The molecule has 2 heterocycles. The van der Waals surface area contributed by atoms with Crippen LogP contribution in [0.3, 0.4) is 0 Å². The Morgan fingerprint density at radius 3 is 2.90 bits per heavy atom. The molecule has 6 heteroatoms. The van der Waals surface area contributed by atoms with Crippen LogP contribution in [-0.2, 0) is 13.1 Å². The van der Waals surface area contributed by atoms with Gasteiger partial charge in [0.05, 0.1) is 12.2 Å². The van der Waals surface area contributed by atoms with Crippen molar-refractivity contribution in [2.24, 2.45) is 0 Å². The third-order valence-corrected chi connectivity index (χ3v) is 4.30. The van der Waals surface area contributed by atoms with Gasteiger partial charge < -0.3 is 10.2 Å². The van der Waals surface area contributed by atoms with Crippen LogP contribution < -0.4 is 5.32 Å². The van der Waals surface area contributed by atoms with Crippen molar-refractivity contribution in [3.8, 4) is 0 Å². The van der Waals surface area contributed by atoms with Gasteiger partial charge in [-0.3, -0.25) is 9.58 Å². The molecule has 0 amide bonds. The van der Waals surface area contributed by atoms with Crippen LogP contribution >= 0.6 is 0 Å². The van der Waals surface area contributed by atoms with Crippen molar-refractivity contribution >= 4 is 0 Å². The highest BCUT2D eigenvalue weighted by molar-refractivity contribution is 4.91. The highest BCUT2D eigenvalue weighted by atomic mass is 15.4. The van der Waals surface area contributed by atoms with Gasteiger partial charge in [-0.25, -0.2) is 0 Å². The van der Waals surface area contributed by atoms with E-state index >= 15 is 0 Å². The van der Waals surface area contributed by atoms with Crippen molar-refractivity contribution in [3.63, 3.8) is 0 Å². The third-order valence-electron chi connectivity index (χ3n) is 4.30. The highest BCUT2D eigenvalue weighted by Crippen LogP contribution is 2.10. The summed E-state index contributed by atoms with van der Waals surface area (Å²) in [6, 6.07) is 0.698. The third kappa shape index (κ3) is 5.05. The minimum absolute atomic E-state index is 0.698. The molecule has 0 aromatic carbocycles. The van der Waals surface area contributed by atoms with Gasteiger partial charge >= 0.3 is 0 Å². The van der Waals surface area contributed by atoms with Gasteiger partial charge in [0.25, 0.3) is 0 Å². The van der Waals surface area contributed by atoms with Crippen LogP contribution in [-0.4, -0.2) is 70.6 Å². The lowest BCUT2D eigenvalue weighted by Gasteiger charge is -2.39. The standard InChI is InChI=1S/C15H30N6/c1-4-6-16-11-14-12-21(18-17-14)10-9-20-8-7-19(3)15(5-2)13-20/h12,15-16H,4-11,13H2,1-3H3. The molecule has 0 bridgehead atoms. The minimum atomic E-state index is 0.698. The zero-order chi connectivity index (χ0) is 15.1. The Labute approximate surface area is 128 Å². The fraction of sp³-hybridized carbons (Fsp3) is 0.867. The summed E-state index contributed by atoms with van der Waals surface area (Å²) in [5, 5.41) is 11.8. The van der Waals surface area contributed by atoms with Crippen LogP contribution in [0.4, 0.5) is 0 Å². The molecule has 0 aliphatic carbocycles. The Balaban J connectivity index is 1.73. The van der Waals surface area contributed by atoms with Crippen LogP contribution in [0.5, 0.6) is 0 Å². The van der Waals surface area contributed by atoms with E-state index in [4.69, 9.17) is 0 Å². The molecule has 0 saturated carbocycles. The maximum Gasteiger partial charge on any atom is 0.0964 e. The average Bonchev–Trinajstić information content (AvgIpc) is 2.94. The lowest BCUT2D eigenvalue weighted by molar-refractivity contribution is 0.0899. The van der Waals surface area contributed by atoms with E-state index in [0.29, 0.717) is 6.04 Å². The van der Waals surface area contributed by atoms with E-state index in [2.05, 4.69) is 52.5 Å². The second-order valence-electron chi connectivity index (χ2n) is 5.99. The largest absolute Gasteiger partial charge is 0.311 e. The maximum atomic E-state index is 4.22. The van der Waals surface area contributed by atoms with Crippen LogP contribution in [0.2, 0.25) is 0 Å². The number of likely N-dealkylation sites (N-methyl/N-ethyl adjacent to an activating group) is 1. The maximum absolute atomic E-state index is 4.22. The Bertz CT molecular complexity index is 405. The van der Waals surface area contributed by atoms with E-state index in [1.807, 2.05) is 4.68 Å². The molecule has 6 nitrogen and oxygen atoms in total. The first-order valence-corrected chi connectivity index (χ1v) is 8.25. The van der Waals surface area contributed by atoms with Crippen LogP contribution in [0.1, 0.15) is 32.4 Å². The predicted molar refractivity (Wildman–Crippen MR) is 85.2 cm³/mol. The topological polar surface area (TPSA) is 49.2 Å². The van der Waals surface area contributed by atoms with Gasteiger partial charge in [-0.1, -0.05) is 19.1 Å². The molecule has 1 aliphatic heterocycles. The zero-order valence-electron chi connectivity index (χ0n) is 13.8. The summed E-state index contributed by atoms with van der Waals surface area (Å²) in [6.45, 7) is 11.8. The molecule has 0 spiro atoms. The fourth-order valence-electron chi connectivity index (χ4n) is 2.82. The molecule has 1 N–H and O–H groups in total. The molecule has 1 aromatic heterocycles. The van der Waals surface area contributed by atoms with Crippen molar-refractivity contribution in [2.45, 2.75) is 45.8 Å². The number of aromatic nitrogens is 3. The normalized spacial score (nSPS) is 21.0. The van der Waals surface area contributed by atoms with Gasteiger partial charge in [-0.2, -0.15) is 0 Å². The van der Waals surface area contributed by atoms with E-state index in [1.165, 1.54) is 19.5 Å². The summed E-state index contributed by atoms with van der Waals surface area (Å²) < 4.78 is 1.97. The Morgan fingerprint density at radius 2 is 2.14 bits per heavy atom. The summed E-state index contributed by atoms with van der Waals surface area (Å²) in [7, 11) is 2.23. The molecule has 1 aromatic rings. The molecule has 2 rings (SSSR count). The Kier molecular flexibility index (Phi) is 6.60. The van der Waals surface area contributed by atoms with Gasteiger partial charge in [0, 0.05) is 45.0 Å². The molecule has 0 radical (unpaired) electrons. The summed E-state index contributed by atoms with van der Waals surface area (Å²) in [5.41, 5.74) is 1.04. The first-order chi connectivity index (χ1) is 10.2. The van der Waals surface area contributed by atoms with Crippen molar-refractivity contribution < 1.29 is 0 Å². The average molecular weight is 294 g/mol. The number of hydrogen-bond acceptors (Lipinski definition) is 5. The summed E-state index contributed by atoms with van der Waals surface area (Å²) in [4.78, 5) is 5.02. The summed E-state index contributed by atoms with van der Waals surface area (Å²) >= 11 is 0. The first kappa shape index (κ1) is 16.4. The zero-order valence-corrected chi connectivity index (χ0v) is 13.8. The van der Waals surface area contributed by atoms with Crippen molar-refractivity contribution in [3.05, 3.63) is 11.9 Å². The molecular formula is C15H30N6. The molecule has 1 aliphatic rings. The molecule has 120 valence electrons. The smallest absolute Gasteiger partial charge is 0.0964 e. The molecule has 1 unspecified atom stereocenters. The number of rotatable bonds is 8. The lowest BCUT2D eigenvalue weighted by atomic mass is 10.1. The van der Waals surface area contributed by atoms with Crippen LogP contribution in [0.15, 0.2) is 6.20 Å². The molecule has 1 atom stereocenters. The molecule has 21 heavy (non-hydrogen) atoms. The molecular weight excluding hydrogens is 264 g/mol. The Morgan fingerprint density at radius 1 is 1.29 bits per heavy atom. The van der Waals surface area contributed by atoms with Gasteiger partial charge in [-0.15, -0.1) is 5.10 Å². The van der Waals surface area contributed by atoms with Gasteiger partial charge in [0.2, 0.25) is 0 Å². The van der Waals surface area contributed by atoms with E-state index < -0.39 is 0 Å². The number of piperazine rings is 1. The Hall–Kier alpha value is -0.980. The first-order valence-electron chi connectivity index (χ1n) is 8.25. The van der Waals surface area contributed by atoms with Crippen LogP contribution in [0.25, 0.3) is 0 Å². The van der Waals surface area contributed by atoms with E-state index in [1.54, 1.807) is 0 Å². The highest BCUT2D eigenvalue weighted by Gasteiger charge is 2.22. The van der Waals surface area contributed by atoms with E-state index in [9.17, 15) is 0 Å². The fourth-order valence-corrected chi connectivity index (χ4v) is 2.82. The lowest BCUT2D eigenvalue weighted by Crippen LogP contribution is -2.51. The minimum Gasteiger partial charge on any atom is -0.311 e. The van der Waals surface area contributed by atoms with Gasteiger partial charge in [0.15, 0.2) is 0 Å². The van der Waals surface area contributed by atoms with Gasteiger partial charge in [-0.05, 0) is 26.4 Å². The number of hydrogen-bond donors (Lipinski definition) is 1. The molecule has 1 saturated heterocycles. The number of nitrogens with zero attached hydrogens (tertiary/aromatic N) is 5. The quantitative estimate of drug-likeness (QED) is 0.719. The number of nitrogens with one attached hydrogen (secondary N) is 1. The predicted octanol–water partition coefficient (Wildman–Crippen LogP) is 0.804. The second-order valence-corrected chi connectivity index (χ2v) is 5.99. The SMILES string of the molecule is CCCNCc1cn(CCN2CCN(C)C(CC)C2)nn1. The second kappa shape index (κ2) is 8.46. The van der Waals surface area contributed by atoms with E-state index in [-0.39, 0.29) is 0 Å².